The first-order valence-electron chi connectivity index (χ1n) is 8.77. The van der Waals surface area contributed by atoms with Crippen molar-refractivity contribution in [3.63, 3.8) is 0 Å². The van der Waals surface area contributed by atoms with E-state index in [0.29, 0.717) is 12.1 Å². The van der Waals surface area contributed by atoms with Crippen molar-refractivity contribution in [3.05, 3.63) is 71.9 Å². The first kappa shape index (κ1) is 20.8. The monoisotopic (exact) mass is 473 g/mol. The second-order valence-corrected chi connectivity index (χ2v) is 6.09. The molecule has 0 saturated carbocycles. The highest BCUT2D eigenvalue weighted by molar-refractivity contribution is 14.0. The van der Waals surface area contributed by atoms with Gasteiger partial charge < -0.3 is 15.2 Å². The third kappa shape index (κ3) is 5.73. The molecule has 2 N–H and O–H groups in total. The summed E-state index contributed by atoms with van der Waals surface area (Å²) >= 11 is 0. The van der Waals surface area contributed by atoms with E-state index >= 15 is 0 Å². The maximum Gasteiger partial charge on any atom is 0.191 e. The number of guanidine groups is 1. The smallest absolute Gasteiger partial charge is 0.191 e. The lowest BCUT2D eigenvalue weighted by Crippen LogP contribution is -2.37. The van der Waals surface area contributed by atoms with Crippen molar-refractivity contribution in [2.24, 2.45) is 4.99 Å². The van der Waals surface area contributed by atoms with Gasteiger partial charge >= 0.3 is 0 Å². The van der Waals surface area contributed by atoms with Gasteiger partial charge in [-0.25, -0.2) is 0 Å². The molecule has 0 aliphatic rings. The minimum Gasteiger partial charge on any atom is -0.356 e. The molecule has 3 rings (SSSR count). The number of hydrogen-bond acceptors (Lipinski definition) is 2. The molecule has 0 unspecified atom stereocenters. The van der Waals surface area contributed by atoms with Crippen molar-refractivity contribution in [2.45, 2.75) is 19.5 Å². The van der Waals surface area contributed by atoms with E-state index in [2.05, 4.69) is 62.8 Å². The topological polar surface area (TPSA) is 65.1 Å². The number of rotatable bonds is 6. The second-order valence-electron chi connectivity index (χ2n) is 6.09. The zero-order valence-electron chi connectivity index (χ0n) is 15.4. The number of aryl methyl sites for hydroxylation is 1. The maximum atomic E-state index is 8.96. The number of halogens is 1. The zero-order chi connectivity index (χ0) is 18.2. The molecule has 0 aliphatic heterocycles. The van der Waals surface area contributed by atoms with Gasteiger partial charge in [-0.15, -0.1) is 24.0 Å². The Morgan fingerprint density at radius 3 is 2.78 bits per heavy atom. The van der Waals surface area contributed by atoms with Crippen molar-refractivity contribution in [3.8, 4) is 6.07 Å². The summed E-state index contributed by atoms with van der Waals surface area (Å²) in [5.74, 6) is 0.768. The van der Waals surface area contributed by atoms with Gasteiger partial charge in [0, 0.05) is 38.4 Å². The number of fused-ring (bicyclic) bond motifs is 1. The number of aromatic nitrogens is 1. The van der Waals surface area contributed by atoms with Crippen molar-refractivity contribution in [1.29, 1.82) is 5.26 Å². The average Bonchev–Trinajstić information content (AvgIpc) is 3.11. The molecule has 27 heavy (non-hydrogen) atoms. The molecule has 0 fully saturated rings. The Hall–Kier alpha value is -2.53. The largest absolute Gasteiger partial charge is 0.356 e. The van der Waals surface area contributed by atoms with Crippen LogP contribution in [0.25, 0.3) is 10.9 Å². The first-order valence-corrected chi connectivity index (χ1v) is 8.77. The van der Waals surface area contributed by atoms with Crippen LogP contribution in [0, 0.1) is 11.3 Å². The van der Waals surface area contributed by atoms with E-state index in [9.17, 15) is 0 Å². The molecule has 0 saturated heterocycles. The van der Waals surface area contributed by atoms with Crippen molar-refractivity contribution < 1.29 is 0 Å². The lowest BCUT2D eigenvalue weighted by molar-refractivity contribution is 0.640. The summed E-state index contributed by atoms with van der Waals surface area (Å²) in [6, 6.07) is 20.3. The lowest BCUT2D eigenvalue weighted by atomic mass is 10.1. The highest BCUT2D eigenvalue weighted by atomic mass is 127. The predicted molar refractivity (Wildman–Crippen MR) is 121 cm³/mol. The number of hydrogen-bond donors (Lipinski definition) is 2. The van der Waals surface area contributed by atoms with Crippen LogP contribution in [0.4, 0.5) is 0 Å². The summed E-state index contributed by atoms with van der Waals surface area (Å²) < 4.78 is 2.28. The summed E-state index contributed by atoms with van der Waals surface area (Å²) in [5, 5.41) is 16.9. The van der Waals surface area contributed by atoms with Crippen LogP contribution in [0.15, 0.2) is 65.8 Å². The fourth-order valence-corrected chi connectivity index (χ4v) is 2.95. The van der Waals surface area contributed by atoms with Crippen LogP contribution in [-0.2, 0) is 13.1 Å². The van der Waals surface area contributed by atoms with E-state index in [1.54, 1.807) is 7.05 Å². The van der Waals surface area contributed by atoms with Crippen LogP contribution in [0.1, 0.15) is 17.5 Å². The van der Waals surface area contributed by atoms with Crippen molar-refractivity contribution in [2.75, 3.05) is 13.6 Å². The number of nitrogens with one attached hydrogen (secondary N) is 2. The molecule has 0 amide bonds. The maximum absolute atomic E-state index is 8.96. The summed E-state index contributed by atoms with van der Waals surface area (Å²) in [6.45, 7) is 2.43. The fourth-order valence-electron chi connectivity index (χ4n) is 2.95. The Kier molecular flexibility index (Phi) is 8.14. The Bertz CT molecular complexity index is 939. The van der Waals surface area contributed by atoms with Gasteiger partial charge in [-0.2, -0.15) is 5.26 Å². The Morgan fingerprint density at radius 1 is 1.11 bits per heavy atom. The van der Waals surface area contributed by atoms with Crippen molar-refractivity contribution >= 4 is 40.8 Å². The summed E-state index contributed by atoms with van der Waals surface area (Å²) in [4.78, 5) is 4.25. The van der Waals surface area contributed by atoms with E-state index in [1.165, 1.54) is 10.9 Å². The molecule has 0 spiro atoms. The number of benzene rings is 2. The van der Waals surface area contributed by atoms with Gasteiger partial charge in [-0.3, -0.25) is 4.99 Å². The molecule has 0 bridgehead atoms. The fraction of sp³-hybridized carbons (Fsp3) is 0.238. The standard InChI is InChI=1S/C21H23N5.HI/c1-23-21(25-16-18-7-4-6-17(14-18)15-22)24-11-5-12-26-13-10-19-8-2-3-9-20(19)26;/h2-4,6-10,13-14H,5,11-12,16H2,1H3,(H2,23,24,25);1H. The van der Waals surface area contributed by atoms with E-state index in [0.717, 1.165) is 31.0 Å². The normalized spacial score (nSPS) is 10.9. The quantitative estimate of drug-likeness (QED) is 0.247. The van der Waals surface area contributed by atoms with Gasteiger partial charge in [-0.05, 0) is 41.6 Å². The minimum atomic E-state index is 0. The van der Waals surface area contributed by atoms with E-state index in [-0.39, 0.29) is 24.0 Å². The Labute approximate surface area is 177 Å². The number of para-hydroxylation sites is 1. The summed E-state index contributed by atoms with van der Waals surface area (Å²) in [6.07, 6.45) is 3.14. The molecule has 1 heterocycles. The van der Waals surface area contributed by atoms with Crippen LogP contribution in [0.3, 0.4) is 0 Å². The Morgan fingerprint density at radius 2 is 1.96 bits per heavy atom. The lowest BCUT2D eigenvalue weighted by Gasteiger charge is -2.12. The van der Waals surface area contributed by atoms with Gasteiger partial charge in [0.15, 0.2) is 5.96 Å². The van der Waals surface area contributed by atoms with E-state index < -0.39 is 0 Å². The molecule has 6 heteroatoms. The molecule has 5 nitrogen and oxygen atoms in total. The van der Waals surface area contributed by atoms with Gasteiger partial charge in [0.05, 0.1) is 11.6 Å². The number of nitriles is 1. The molecular formula is C21H24IN5. The van der Waals surface area contributed by atoms with E-state index in [1.807, 2.05) is 24.3 Å². The zero-order valence-corrected chi connectivity index (χ0v) is 17.7. The summed E-state index contributed by atoms with van der Waals surface area (Å²) in [5.41, 5.74) is 3.00. The predicted octanol–water partition coefficient (Wildman–Crippen LogP) is 3.89. The van der Waals surface area contributed by atoms with Crippen LogP contribution < -0.4 is 10.6 Å². The average molecular weight is 473 g/mol. The molecule has 0 radical (unpaired) electrons. The van der Waals surface area contributed by atoms with Crippen molar-refractivity contribution in [1.82, 2.24) is 15.2 Å². The first-order chi connectivity index (χ1) is 12.8. The molecule has 0 aliphatic carbocycles. The highest BCUT2D eigenvalue weighted by Gasteiger charge is 2.01. The second kappa shape index (κ2) is 10.6. The summed E-state index contributed by atoms with van der Waals surface area (Å²) in [7, 11) is 1.76. The van der Waals surface area contributed by atoms with Crippen LogP contribution in [0.2, 0.25) is 0 Å². The molecular weight excluding hydrogens is 449 g/mol. The van der Waals surface area contributed by atoms with Gasteiger partial charge in [-0.1, -0.05) is 30.3 Å². The minimum absolute atomic E-state index is 0. The van der Waals surface area contributed by atoms with Crippen LogP contribution in [-0.4, -0.2) is 24.1 Å². The van der Waals surface area contributed by atoms with Crippen LogP contribution >= 0.6 is 24.0 Å². The Balaban J connectivity index is 0.00000261. The number of aliphatic imine (C=N–C) groups is 1. The van der Waals surface area contributed by atoms with Gasteiger partial charge in [0.2, 0.25) is 0 Å². The highest BCUT2D eigenvalue weighted by Crippen LogP contribution is 2.15. The molecule has 1 aromatic heterocycles. The van der Waals surface area contributed by atoms with Crippen LogP contribution in [0.5, 0.6) is 0 Å². The number of nitrogens with zero attached hydrogens (tertiary/aromatic N) is 3. The van der Waals surface area contributed by atoms with E-state index in [4.69, 9.17) is 5.26 Å². The third-order valence-electron chi connectivity index (χ3n) is 4.29. The molecule has 140 valence electrons. The molecule has 0 atom stereocenters. The molecule has 2 aromatic carbocycles. The van der Waals surface area contributed by atoms with Gasteiger partial charge in [0.25, 0.3) is 0 Å². The SMILES string of the molecule is CN=C(NCCCn1ccc2ccccc21)NCc1cccc(C#N)c1.I. The van der Waals surface area contributed by atoms with Gasteiger partial charge in [0.1, 0.15) is 0 Å². The molecule has 3 aromatic rings. The third-order valence-corrected chi connectivity index (χ3v) is 4.29.